The number of fused-ring (bicyclic) bond motifs is 12. The number of para-hydroxylation sites is 1. The Balaban J connectivity index is 1.06. The third kappa shape index (κ3) is 3.29. The summed E-state index contributed by atoms with van der Waals surface area (Å²) in [5.41, 5.74) is 16.2. The Morgan fingerprint density at radius 1 is 0.609 bits per heavy atom. The van der Waals surface area contributed by atoms with Crippen LogP contribution in [0.3, 0.4) is 0 Å². The molecule has 0 saturated heterocycles. The van der Waals surface area contributed by atoms with Crippen molar-refractivity contribution in [2.75, 3.05) is 0 Å². The molecule has 2 atom stereocenters. The van der Waals surface area contributed by atoms with Gasteiger partial charge in [-0.2, -0.15) is 0 Å². The van der Waals surface area contributed by atoms with Crippen LogP contribution in [0, 0.1) is 0 Å². The number of oxazole rings is 1. The van der Waals surface area contributed by atoms with Crippen molar-refractivity contribution in [3.8, 4) is 50.7 Å². The molecule has 7 aromatic rings. The second kappa shape index (κ2) is 8.95. The van der Waals surface area contributed by atoms with Crippen LogP contribution in [0.4, 0.5) is 0 Å². The highest BCUT2D eigenvalue weighted by molar-refractivity contribution is 6.05. The van der Waals surface area contributed by atoms with Crippen LogP contribution in [-0.4, -0.2) is 4.98 Å². The molecule has 0 bridgehead atoms. The third-order valence-corrected chi connectivity index (χ3v) is 10.5. The fourth-order valence-corrected chi connectivity index (χ4v) is 8.37. The Hall–Kier alpha value is -5.67. The molecule has 3 aliphatic carbocycles. The SMILES string of the molecule is C1=C2c3cc(-c4ccc5ccc6c(c5c4)-c4nc(-c5ccccc5)oc4CC6)ccc3-c3cccc(c32)C2Oc3ccccc3C12. The first kappa shape index (κ1) is 24.6. The van der Waals surface area contributed by atoms with Crippen LogP contribution < -0.4 is 4.74 Å². The Kier molecular flexibility index (Phi) is 4.79. The summed E-state index contributed by atoms with van der Waals surface area (Å²) in [6, 6.07) is 43.9. The van der Waals surface area contributed by atoms with Gasteiger partial charge in [-0.15, -0.1) is 0 Å². The maximum atomic E-state index is 6.54. The lowest BCUT2D eigenvalue weighted by molar-refractivity contribution is 0.223. The molecule has 0 spiro atoms. The molecular formula is C43H27NO2. The van der Waals surface area contributed by atoms with E-state index in [1.807, 2.05) is 18.2 Å². The van der Waals surface area contributed by atoms with E-state index in [9.17, 15) is 0 Å². The first-order valence-electron chi connectivity index (χ1n) is 16.2. The molecule has 1 aliphatic heterocycles. The predicted octanol–water partition coefficient (Wildman–Crippen LogP) is 10.6. The third-order valence-electron chi connectivity index (χ3n) is 10.5. The molecule has 0 fully saturated rings. The minimum absolute atomic E-state index is 0.0281. The summed E-state index contributed by atoms with van der Waals surface area (Å²) >= 11 is 0. The highest BCUT2D eigenvalue weighted by atomic mass is 16.5. The molecule has 4 aliphatic rings. The number of hydrogen-bond acceptors (Lipinski definition) is 3. The van der Waals surface area contributed by atoms with Crippen molar-refractivity contribution in [1.29, 1.82) is 0 Å². The number of nitrogens with zero attached hydrogens (tertiary/aromatic N) is 1. The summed E-state index contributed by atoms with van der Waals surface area (Å²) in [5, 5.41) is 2.45. The molecule has 216 valence electrons. The number of benzene rings is 6. The van der Waals surface area contributed by atoms with E-state index in [1.54, 1.807) is 0 Å². The van der Waals surface area contributed by atoms with Crippen molar-refractivity contribution in [2.45, 2.75) is 24.9 Å². The van der Waals surface area contributed by atoms with Crippen LogP contribution in [0.2, 0.25) is 0 Å². The molecule has 0 amide bonds. The van der Waals surface area contributed by atoms with Crippen LogP contribution in [0.15, 0.2) is 132 Å². The molecule has 3 nitrogen and oxygen atoms in total. The first-order valence-corrected chi connectivity index (χ1v) is 16.2. The molecular weight excluding hydrogens is 562 g/mol. The average Bonchev–Trinajstić information content (AvgIpc) is 3.81. The van der Waals surface area contributed by atoms with Crippen molar-refractivity contribution in [3.05, 3.63) is 161 Å². The monoisotopic (exact) mass is 589 g/mol. The largest absolute Gasteiger partial charge is 0.484 e. The van der Waals surface area contributed by atoms with Crippen LogP contribution in [-0.2, 0) is 12.8 Å². The van der Waals surface area contributed by atoms with E-state index in [-0.39, 0.29) is 12.0 Å². The van der Waals surface area contributed by atoms with Crippen molar-refractivity contribution >= 4 is 16.3 Å². The van der Waals surface area contributed by atoms with Crippen molar-refractivity contribution < 1.29 is 9.15 Å². The average molecular weight is 590 g/mol. The summed E-state index contributed by atoms with van der Waals surface area (Å²) < 4.78 is 12.9. The van der Waals surface area contributed by atoms with Crippen molar-refractivity contribution in [2.24, 2.45) is 0 Å². The van der Waals surface area contributed by atoms with Gasteiger partial charge in [0.1, 0.15) is 23.3 Å². The summed E-state index contributed by atoms with van der Waals surface area (Å²) in [7, 11) is 0. The molecule has 2 heterocycles. The van der Waals surface area contributed by atoms with Gasteiger partial charge in [0.25, 0.3) is 0 Å². The van der Waals surface area contributed by atoms with Gasteiger partial charge in [0.2, 0.25) is 5.89 Å². The molecule has 0 N–H and O–H groups in total. The normalized spacial score (nSPS) is 17.7. The Bertz CT molecular complexity index is 2470. The summed E-state index contributed by atoms with van der Waals surface area (Å²) in [4.78, 5) is 5.08. The number of rotatable bonds is 2. The van der Waals surface area contributed by atoms with Gasteiger partial charge in [-0.1, -0.05) is 97.1 Å². The Morgan fingerprint density at radius 3 is 2.39 bits per heavy atom. The maximum Gasteiger partial charge on any atom is 0.226 e. The quantitative estimate of drug-likeness (QED) is 0.201. The smallest absolute Gasteiger partial charge is 0.226 e. The standard InChI is InChI=1S/C43H27NO2/c1-2-7-26(8-3-1)43-44-41-38(46-43)20-18-25-15-13-24-14-16-27(21-33(24)39(25)41)28-17-19-29-31-10-6-11-32-40(31)35(34(29)22-28)23-36-30-9-4-5-12-37(30)45-42(32)36/h1-17,19,21-23,36,42H,18,20H2. The predicted molar refractivity (Wildman–Crippen MR) is 183 cm³/mol. The molecule has 6 aromatic carbocycles. The highest BCUT2D eigenvalue weighted by Gasteiger charge is 2.42. The molecule has 0 radical (unpaired) electrons. The minimum atomic E-state index is 0.0281. The lowest BCUT2D eigenvalue weighted by Gasteiger charge is -2.25. The maximum absolute atomic E-state index is 6.54. The summed E-state index contributed by atoms with van der Waals surface area (Å²) in [6.07, 6.45) is 4.31. The van der Waals surface area contributed by atoms with Gasteiger partial charge in [0.05, 0.1) is 0 Å². The fourth-order valence-electron chi connectivity index (χ4n) is 8.37. The van der Waals surface area contributed by atoms with Crippen LogP contribution >= 0.6 is 0 Å². The number of ether oxygens (including phenoxy) is 1. The van der Waals surface area contributed by atoms with Crippen molar-refractivity contribution in [3.63, 3.8) is 0 Å². The van der Waals surface area contributed by atoms with Gasteiger partial charge in [-0.05, 0) is 92.0 Å². The van der Waals surface area contributed by atoms with Gasteiger partial charge in [0, 0.05) is 34.6 Å². The molecule has 1 aromatic heterocycles. The van der Waals surface area contributed by atoms with E-state index >= 15 is 0 Å². The fraction of sp³-hybridized carbons (Fsp3) is 0.0930. The van der Waals surface area contributed by atoms with Crippen molar-refractivity contribution in [1.82, 2.24) is 4.98 Å². The molecule has 46 heavy (non-hydrogen) atoms. The van der Waals surface area contributed by atoms with E-state index in [0.29, 0.717) is 5.89 Å². The molecule has 0 saturated carbocycles. The van der Waals surface area contributed by atoms with Crippen LogP contribution in [0.25, 0.3) is 61.3 Å². The summed E-state index contributed by atoms with van der Waals surface area (Å²) in [5.74, 6) is 2.90. The van der Waals surface area contributed by atoms with E-state index < -0.39 is 0 Å². The number of aryl methyl sites for hydroxylation is 2. The van der Waals surface area contributed by atoms with Gasteiger partial charge >= 0.3 is 0 Å². The van der Waals surface area contributed by atoms with Gasteiger partial charge in [0.15, 0.2) is 0 Å². The van der Waals surface area contributed by atoms with Gasteiger partial charge in [-0.3, -0.25) is 0 Å². The highest BCUT2D eigenvalue weighted by Crippen LogP contribution is 2.58. The minimum Gasteiger partial charge on any atom is -0.484 e. The second-order valence-electron chi connectivity index (χ2n) is 12.9. The van der Waals surface area contributed by atoms with Crippen LogP contribution in [0.5, 0.6) is 5.75 Å². The van der Waals surface area contributed by atoms with Gasteiger partial charge in [-0.25, -0.2) is 4.98 Å². The first-order chi connectivity index (χ1) is 22.8. The van der Waals surface area contributed by atoms with E-state index in [2.05, 4.69) is 109 Å². The molecule has 3 heteroatoms. The van der Waals surface area contributed by atoms with E-state index in [4.69, 9.17) is 14.1 Å². The Morgan fingerprint density at radius 2 is 1.43 bits per heavy atom. The lowest BCUT2D eigenvalue weighted by Crippen LogP contribution is -2.14. The van der Waals surface area contributed by atoms with Crippen LogP contribution in [0.1, 0.15) is 45.6 Å². The van der Waals surface area contributed by atoms with E-state index in [1.165, 1.54) is 72.0 Å². The topological polar surface area (TPSA) is 35.3 Å². The lowest BCUT2D eigenvalue weighted by atomic mass is 9.80. The second-order valence-corrected chi connectivity index (χ2v) is 12.9. The zero-order valence-electron chi connectivity index (χ0n) is 25.0. The van der Waals surface area contributed by atoms with E-state index in [0.717, 1.165) is 35.6 Å². The zero-order chi connectivity index (χ0) is 29.9. The zero-order valence-corrected chi connectivity index (χ0v) is 25.0. The number of aromatic nitrogens is 1. The Labute approximate surface area is 266 Å². The van der Waals surface area contributed by atoms with Gasteiger partial charge < -0.3 is 9.15 Å². The molecule has 2 unspecified atom stereocenters. The number of hydrogen-bond donors (Lipinski definition) is 0. The summed E-state index contributed by atoms with van der Waals surface area (Å²) in [6.45, 7) is 0. The molecule has 11 rings (SSSR count).